The highest BCUT2D eigenvalue weighted by Gasteiger charge is 2.04. The van der Waals surface area contributed by atoms with E-state index < -0.39 is 5.97 Å². The number of hydrogen-bond acceptors (Lipinski definition) is 3. The van der Waals surface area contributed by atoms with Crippen LogP contribution in [0.3, 0.4) is 0 Å². The molecule has 0 saturated heterocycles. The van der Waals surface area contributed by atoms with Gasteiger partial charge < -0.3 is 15.4 Å². The highest BCUT2D eigenvalue weighted by atomic mass is 16.5. The molecule has 0 aliphatic heterocycles. The number of benzene rings is 2. The van der Waals surface area contributed by atoms with Gasteiger partial charge in [-0.15, -0.1) is 0 Å². The van der Waals surface area contributed by atoms with E-state index in [2.05, 4.69) is 10.6 Å². The Morgan fingerprint density at radius 2 is 1.88 bits per heavy atom. The first-order valence-electron chi connectivity index (χ1n) is 7.77. The lowest BCUT2D eigenvalue weighted by Gasteiger charge is -2.08. The molecule has 2 N–H and O–H groups in total. The summed E-state index contributed by atoms with van der Waals surface area (Å²) in [5.74, 6) is -0.113. The molecule has 0 fully saturated rings. The number of carbonyl (C=O) groups is 2. The Labute approximate surface area is 141 Å². The Morgan fingerprint density at radius 1 is 1.08 bits per heavy atom. The molecule has 2 aromatic carbocycles. The van der Waals surface area contributed by atoms with Crippen molar-refractivity contribution in [3.8, 4) is 5.75 Å². The molecule has 124 valence electrons. The third-order valence-corrected chi connectivity index (χ3v) is 3.06. The van der Waals surface area contributed by atoms with Gasteiger partial charge in [0.2, 0.25) is 0 Å². The molecule has 0 heterocycles. The van der Waals surface area contributed by atoms with Crippen LogP contribution in [0.1, 0.15) is 18.9 Å². The monoisotopic (exact) mass is 324 g/mol. The van der Waals surface area contributed by atoms with Crippen LogP contribution in [-0.4, -0.2) is 18.5 Å². The molecule has 0 aliphatic rings. The van der Waals surface area contributed by atoms with E-state index >= 15 is 0 Å². The predicted molar refractivity (Wildman–Crippen MR) is 94.9 cm³/mol. The zero-order valence-corrected chi connectivity index (χ0v) is 13.5. The predicted octanol–water partition coefficient (Wildman–Crippen LogP) is 3.84. The second-order valence-electron chi connectivity index (χ2n) is 5.07. The molecular formula is C19H20N2O3. The first kappa shape index (κ1) is 17.3. The lowest BCUT2D eigenvalue weighted by molar-refractivity contribution is -0.128. The summed E-state index contributed by atoms with van der Waals surface area (Å²) < 4.78 is 5.24. The smallest absolute Gasteiger partial charge is 0.336 e. The van der Waals surface area contributed by atoms with Crippen molar-refractivity contribution in [2.24, 2.45) is 0 Å². The van der Waals surface area contributed by atoms with Gasteiger partial charge in [-0.25, -0.2) is 9.59 Å². The van der Waals surface area contributed by atoms with E-state index in [0.717, 1.165) is 12.0 Å². The van der Waals surface area contributed by atoms with Crippen molar-refractivity contribution in [2.75, 3.05) is 11.9 Å². The third-order valence-electron chi connectivity index (χ3n) is 3.06. The van der Waals surface area contributed by atoms with Crippen LogP contribution in [0.2, 0.25) is 0 Å². The number of urea groups is 1. The van der Waals surface area contributed by atoms with E-state index in [1.807, 2.05) is 37.3 Å². The summed E-state index contributed by atoms with van der Waals surface area (Å²) in [4.78, 5) is 23.5. The second-order valence-corrected chi connectivity index (χ2v) is 5.07. The number of amides is 2. The Hall–Kier alpha value is -3.08. The highest BCUT2D eigenvalue weighted by molar-refractivity contribution is 5.90. The van der Waals surface area contributed by atoms with Crippen LogP contribution >= 0.6 is 0 Å². The van der Waals surface area contributed by atoms with Crippen LogP contribution in [0, 0.1) is 0 Å². The largest absolute Gasteiger partial charge is 0.423 e. The molecule has 0 saturated carbocycles. The van der Waals surface area contributed by atoms with Crippen LogP contribution < -0.4 is 15.4 Å². The summed E-state index contributed by atoms with van der Waals surface area (Å²) in [7, 11) is 0. The molecule has 2 aromatic rings. The molecule has 0 aromatic heterocycles. The van der Waals surface area contributed by atoms with Gasteiger partial charge >= 0.3 is 12.0 Å². The minimum Gasteiger partial charge on any atom is -0.423 e. The van der Waals surface area contributed by atoms with Gasteiger partial charge in [-0.3, -0.25) is 0 Å². The molecule has 2 rings (SSSR count). The maximum Gasteiger partial charge on any atom is 0.336 e. The fourth-order valence-corrected chi connectivity index (χ4v) is 1.93. The topological polar surface area (TPSA) is 67.4 Å². The van der Waals surface area contributed by atoms with E-state index in [1.165, 1.54) is 6.08 Å². The van der Waals surface area contributed by atoms with Gasteiger partial charge in [0.05, 0.1) is 0 Å². The Bertz CT molecular complexity index is 712. The molecule has 0 aliphatic carbocycles. The minimum atomic E-state index is -0.480. The van der Waals surface area contributed by atoms with Crippen molar-refractivity contribution < 1.29 is 14.3 Å². The average molecular weight is 324 g/mol. The molecule has 0 bridgehead atoms. The number of ether oxygens (including phenoxy) is 1. The normalized spacial score (nSPS) is 10.4. The van der Waals surface area contributed by atoms with Crippen molar-refractivity contribution in [2.45, 2.75) is 13.3 Å². The zero-order chi connectivity index (χ0) is 17.2. The first-order valence-corrected chi connectivity index (χ1v) is 7.77. The minimum absolute atomic E-state index is 0.288. The van der Waals surface area contributed by atoms with Gasteiger partial charge in [0.1, 0.15) is 5.75 Å². The van der Waals surface area contributed by atoms with Crippen LogP contribution in [0.25, 0.3) is 6.08 Å². The summed E-state index contributed by atoms with van der Waals surface area (Å²) in [5.41, 5.74) is 1.47. The van der Waals surface area contributed by atoms with Gasteiger partial charge in [-0.1, -0.05) is 43.3 Å². The Morgan fingerprint density at radius 3 is 2.62 bits per heavy atom. The lowest BCUT2D eigenvalue weighted by Crippen LogP contribution is -2.29. The molecule has 5 heteroatoms. The maximum atomic E-state index is 11.9. The molecule has 0 radical (unpaired) electrons. The molecule has 5 nitrogen and oxygen atoms in total. The van der Waals surface area contributed by atoms with Crippen molar-refractivity contribution >= 4 is 23.8 Å². The lowest BCUT2D eigenvalue weighted by atomic mass is 10.2. The fraction of sp³-hybridized carbons (Fsp3) is 0.158. The van der Waals surface area contributed by atoms with Gasteiger partial charge in [0.15, 0.2) is 0 Å². The van der Waals surface area contributed by atoms with Gasteiger partial charge in [0, 0.05) is 24.4 Å². The van der Waals surface area contributed by atoms with Crippen LogP contribution in [-0.2, 0) is 4.79 Å². The first-order chi connectivity index (χ1) is 11.7. The van der Waals surface area contributed by atoms with Gasteiger partial charge in [0.25, 0.3) is 0 Å². The highest BCUT2D eigenvalue weighted by Crippen LogP contribution is 2.17. The van der Waals surface area contributed by atoms with Crippen LogP contribution in [0.15, 0.2) is 60.7 Å². The number of rotatable bonds is 6. The van der Waals surface area contributed by atoms with Crippen molar-refractivity contribution in [1.82, 2.24) is 5.32 Å². The Balaban J connectivity index is 1.92. The molecule has 0 spiro atoms. The number of esters is 1. The summed E-state index contributed by atoms with van der Waals surface area (Å²) in [6.07, 6.45) is 3.91. The second kappa shape index (κ2) is 9.15. The Kier molecular flexibility index (Phi) is 6.58. The number of carbonyl (C=O) groups excluding carboxylic acids is 2. The van der Waals surface area contributed by atoms with Gasteiger partial charge in [-0.05, 0) is 30.2 Å². The standard InChI is InChI=1S/C19H20N2O3/c1-2-13-20-19(23)21-16-9-6-10-17(14-16)24-18(22)12-11-15-7-4-3-5-8-15/h3-12,14H,2,13H2,1H3,(H2,20,21,23)/b12-11+. The SMILES string of the molecule is CCCNC(=O)Nc1cccc(OC(=O)/C=C/c2ccccc2)c1. The number of hydrogen-bond donors (Lipinski definition) is 2. The third kappa shape index (κ3) is 5.96. The quantitative estimate of drug-likeness (QED) is 0.482. The van der Waals surface area contributed by atoms with E-state index in [-0.39, 0.29) is 6.03 Å². The average Bonchev–Trinajstić information content (AvgIpc) is 2.59. The van der Waals surface area contributed by atoms with E-state index in [9.17, 15) is 9.59 Å². The molecule has 2 amide bonds. The van der Waals surface area contributed by atoms with Crippen molar-refractivity contribution in [3.05, 3.63) is 66.2 Å². The van der Waals surface area contributed by atoms with Gasteiger partial charge in [-0.2, -0.15) is 0 Å². The molecule has 0 unspecified atom stereocenters. The molecule has 24 heavy (non-hydrogen) atoms. The van der Waals surface area contributed by atoms with E-state index in [1.54, 1.807) is 30.3 Å². The fourth-order valence-electron chi connectivity index (χ4n) is 1.93. The van der Waals surface area contributed by atoms with Crippen molar-refractivity contribution in [1.29, 1.82) is 0 Å². The maximum absolute atomic E-state index is 11.9. The zero-order valence-electron chi connectivity index (χ0n) is 13.5. The van der Waals surface area contributed by atoms with Crippen LogP contribution in [0.4, 0.5) is 10.5 Å². The summed E-state index contributed by atoms with van der Waals surface area (Å²) >= 11 is 0. The molecule has 0 atom stereocenters. The summed E-state index contributed by atoms with van der Waals surface area (Å²) in [6.45, 7) is 2.58. The van der Waals surface area contributed by atoms with Crippen LogP contribution in [0.5, 0.6) is 5.75 Å². The summed E-state index contributed by atoms with van der Waals surface area (Å²) in [5, 5.41) is 5.40. The summed E-state index contributed by atoms with van der Waals surface area (Å²) in [6, 6.07) is 15.9. The van der Waals surface area contributed by atoms with E-state index in [0.29, 0.717) is 18.0 Å². The van der Waals surface area contributed by atoms with E-state index in [4.69, 9.17) is 4.74 Å². The van der Waals surface area contributed by atoms with Crippen molar-refractivity contribution in [3.63, 3.8) is 0 Å². The number of nitrogens with one attached hydrogen (secondary N) is 2. The number of anilines is 1. The molecular weight excluding hydrogens is 304 g/mol.